The molecule has 4 aromatic rings. The number of alkyl halides is 3. The number of carbonyl (C=O) groups is 2. The van der Waals surface area contributed by atoms with Gasteiger partial charge in [0.2, 0.25) is 0 Å². The monoisotopic (exact) mass is 544 g/mol. The second-order valence-electron chi connectivity index (χ2n) is 8.98. The number of esters is 2. The summed E-state index contributed by atoms with van der Waals surface area (Å²) in [5, 5.41) is 8.52. The molecule has 0 aliphatic carbocycles. The van der Waals surface area contributed by atoms with E-state index in [9.17, 15) is 22.8 Å². The lowest BCUT2D eigenvalue weighted by molar-refractivity contribution is -0.156. The standard InChI is InChI=1S/C23H19F3N8O5/c1-9(35)37-7-13-18(38-10(2)36)17-22(39-13)33-20-15(19(27)28-8-29-20)30-21(33)16-14(31-32-34(16)17)11-3-5-12(6-4-11)23(24,25)26/h3-6,8,13,17-18,22H,7H2,1-2H3,(H2,27,28,29)/t13-,17+,18-,22-/m1/s1. The van der Waals surface area contributed by atoms with Crippen LogP contribution in [0.15, 0.2) is 30.6 Å². The van der Waals surface area contributed by atoms with Gasteiger partial charge in [-0.15, -0.1) is 5.10 Å². The first kappa shape index (κ1) is 24.7. The summed E-state index contributed by atoms with van der Waals surface area (Å²) in [6, 6.07) is 3.60. The lowest BCUT2D eigenvalue weighted by Crippen LogP contribution is -2.38. The van der Waals surface area contributed by atoms with Crippen LogP contribution in [-0.2, 0) is 30.0 Å². The van der Waals surface area contributed by atoms with Crippen molar-refractivity contribution in [1.29, 1.82) is 0 Å². The third-order valence-electron chi connectivity index (χ3n) is 6.50. The molecule has 0 bridgehead atoms. The van der Waals surface area contributed by atoms with Gasteiger partial charge < -0.3 is 19.9 Å². The van der Waals surface area contributed by atoms with E-state index in [1.807, 2.05) is 0 Å². The summed E-state index contributed by atoms with van der Waals surface area (Å²) in [5.74, 6) is -0.836. The summed E-state index contributed by atoms with van der Waals surface area (Å²) in [5.41, 5.74) is 6.65. The first-order valence-electron chi connectivity index (χ1n) is 11.6. The maximum absolute atomic E-state index is 13.2. The van der Waals surface area contributed by atoms with E-state index in [2.05, 4.69) is 25.3 Å². The Hall–Kier alpha value is -4.60. The fourth-order valence-corrected chi connectivity index (χ4v) is 4.92. The third-order valence-corrected chi connectivity index (χ3v) is 6.50. The minimum atomic E-state index is -4.52. The van der Waals surface area contributed by atoms with E-state index in [0.717, 1.165) is 12.1 Å². The number of halogens is 3. The van der Waals surface area contributed by atoms with Crippen LogP contribution in [0.25, 0.3) is 33.9 Å². The summed E-state index contributed by atoms with van der Waals surface area (Å²) in [6.45, 7) is 2.23. The Labute approximate surface area is 216 Å². The largest absolute Gasteiger partial charge is 0.463 e. The Morgan fingerprint density at radius 3 is 2.54 bits per heavy atom. The highest BCUT2D eigenvalue weighted by atomic mass is 19.4. The Morgan fingerprint density at radius 1 is 1.13 bits per heavy atom. The fourth-order valence-electron chi connectivity index (χ4n) is 4.92. The van der Waals surface area contributed by atoms with Gasteiger partial charge in [-0.2, -0.15) is 13.2 Å². The Balaban J connectivity index is 1.56. The van der Waals surface area contributed by atoms with Crippen molar-refractivity contribution >= 4 is 28.9 Å². The molecular formula is C23H19F3N8O5. The van der Waals surface area contributed by atoms with Crippen molar-refractivity contribution in [2.24, 2.45) is 0 Å². The van der Waals surface area contributed by atoms with Gasteiger partial charge in [-0.25, -0.2) is 19.6 Å². The molecule has 1 fully saturated rings. The number of nitrogens with zero attached hydrogens (tertiary/aromatic N) is 7. The smallest absolute Gasteiger partial charge is 0.416 e. The number of hydrogen-bond donors (Lipinski definition) is 1. The number of aromatic nitrogens is 7. The first-order chi connectivity index (χ1) is 18.5. The minimum absolute atomic E-state index is 0.0829. The first-order valence-corrected chi connectivity index (χ1v) is 11.6. The molecule has 2 N–H and O–H groups in total. The number of anilines is 1. The van der Waals surface area contributed by atoms with Gasteiger partial charge in [-0.3, -0.25) is 14.2 Å². The van der Waals surface area contributed by atoms with E-state index in [0.29, 0.717) is 16.9 Å². The van der Waals surface area contributed by atoms with Gasteiger partial charge in [0.1, 0.15) is 36.5 Å². The predicted molar refractivity (Wildman–Crippen MR) is 124 cm³/mol. The molecule has 13 nitrogen and oxygen atoms in total. The highest BCUT2D eigenvalue weighted by molar-refractivity contribution is 5.87. The number of benzene rings is 1. The highest BCUT2D eigenvalue weighted by Gasteiger charge is 2.54. The average molecular weight is 544 g/mol. The van der Waals surface area contributed by atoms with Gasteiger partial charge >= 0.3 is 18.1 Å². The molecule has 0 saturated carbocycles. The molecule has 0 amide bonds. The normalized spacial score (nSPS) is 21.8. The highest BCUT2D eigenvalue weighted by Crippen LogP contribution is 2.50. The van der Waals surface area contributed by atoms with E-state index in [4.69, 9.17) is 19.9 Å². The zero-order valence-electron chi connectivity index (χ0n) is 20.3. The molecule has 2 aliphatic heterocycles. The summed E-state index contributed by atoms with van der Waals surface area (Å²) in [4.78, 5) is 36.5. The molecule has 3 aromatic heterocycles. The topological polar surface area (TPSA) is 162 Å². The number of carbonyl (C=O) groups excluding carboxylic acids is 2. The predicted octanol–water partition coefficient (Wildman–Crippen LogP) is 2.30. The Bertz CT molecular complexity index is 1620. The lowest BCUT2D eigenvalue weighted by atomic mass is 10.0. The SMILES string of the molecule is CC(=O)OC[C@H]1O[C@@H]2[C@H]([C@@H]1OC(C)=O)n1nnc(-c3ccc(C(F)(F)F)cc3)c1-c1nc3c(N)ncnc3n12. The Morgan fingerprint density at radius 2 is 1.87 bits per heavy atom. The quantitative estimate of drug-likeness (QED) is 0.375. The molecule has 1 saturated heterocycles. The molecule has 1 aromatic carbocycles. The van der Waals surface area contributed by atoms with Crippen molar-refractivity contribution in [3.63, 3.8) is 0 Å². The van der Waals surface area contributed by atoms with Crippen LogP contribution in [0, 0.1) is 0 Å². The molecular weight excluding hydrogens is 525 g/mol. The molecule has 6 rings (SSSR count). The second-order valence-corrected chi connectivity index (χ2v) is 8.98. The maximum atomic E-state index is 13.2. The molecule has 2 aliphatic rings. The summed E-state index contributed by atoms with van der Waals surface area (Å²) in [7, 11) is 0. The lowest BCUT2D eigenvalue weighted by Gasteiger charge is -2.30. The van der Waals surface area contributed by atoms with E-state index >= 15 is 0 Å². The molecule has 0 unspecified atom stereocenters. The van der Waals surface area contributed by atoms with Crippen molar-refractivity contribution in [2.75, 3.05) is 12.3 Å². The van der Waals surface area contributed by atoms with E-state index in [1.165, 1.54) is 37.0 Å². The van der Waals surface area contributed by atoms with E-state index in [1.54, 1.807) is 4.57 Å². The second kappa shape index (κ2) is 8.72. The van der Waals surface area contributed by atoms with Crippen LogP contribution in [0.1, 0.15) is 31.7 Å². The molecule has 39 heavy (non-hydrogen) atoms. The van der Waals surface area contributed by atoms with Crippen molar-refractivity contribution in [3.8, 4) is 22.8 Å². The van der Waals surface area contributed by atoms with Crippen LogP contribution in [-0.4, -0.2) is 65.3 Å². The van der Waals surface area contributed by atoms with Crippen molar-refractivity contribution in [2.45, 2.75) is 44.5 Å². The van der Waals surface area contributed by atoms with Crippen molar-refractivity contribution in [1.82, 2.24) is 34.5 Å². The minimum Gasteiger partial charge on any atom is -0.463 e. The number of fused-ring (bicyclic) bond motifs is 8. The van der Waals surface area contributed by atoms with Gasteiger partial charge in [-0.05, 0) is 12.1 Å². The Kier molecular flexibility index (Phi) is 5.53. The number of hydrogen-bond acceptors (Lipinski definition) is 11. The van der Waals surface area contributed by atoms with Crippen molar-refractivity contribution < 1.29 is 37.0 Å². The number of imidazole rings is 1. The number of ether oxygens (including phenoxy) is 3. The molecule has 5 heterocycles. The molecule has 4 atom stereocenters. The summed E-state index contributed by atoms with van der Waals surface area (Å²) < 4.78 is 59.6. The molecule has 16 heteroatoms. The van der Waals surface area contributed by atoms with Crippen LogP contribution in [0.5, 0.6) is 0 Å². The van der Waals surface area contributed by atoms with Crippen LogP contribution in [0.4, 0.5) is 19.0 Å². The summed E-state index contributed by atoms with van der Waals surface area (Å²) >= 11 is 0. The molecule has 0 spiro atoms. The number of nitrogen functional groups attached to an aromatic ring is 1. The summed E-state index contributed by atoms with van der Waals surface area (Å²) in [6.07, 6.45) is -6.06. The van der Waals surface area contributed by atoms with Crippen LogP contribution in [0.2, 0.25) is 0 Å². The van der Waals surface area contributed by atoms with Gasteiger partial charge in [0.15, 0.2) is 35.1 Å². The van der Waals surface area contributed by atoms with Crippen LogP contribution < -0.4 is 5.73 Å². The van der Waals surface area contributed by atoms with Crippen molar-refractivity contribution in [3.05, 3.63) is 36.2 Å². The molecule has 0 radical (unpaired) electrons. The van der Waals surface area contributed by atoms with Gasteiger partial charge in [0.05, 0.1) is 5.56 Å². The number of rotatable bonds is 4. The van der Waals surface area contributed by atoms with E-state index < -0.39 is 48.2 Å². The zero-order valence-corrected chi connectivity index (χ0v) is 20.3. The van der Waals surface area contributed by atoms with Gasteiger partial charge in [0.25, 0.3) is 0 Å². The fraction of sp³-hybridized carbons (Fsp3) is 0.348. The zero-order chi connectivity index (χ0) is 27.6. The van der Waals surface area contributed by atoms with Crippen LogP contribution >= 0.6 is 0 Å². The maximum Gasteiger partial charge on any atom is 0.416 e. The van der Waals surface area contributed by atoms with Crippen LogP contribution in [0.3, 0.4) is 0 Å². The average Bonchev–Trinajstić information content (AvgIpc) is 3.56. The van der Waals surface area contributed by atoms with E-state index in [-0.39, 0.29) is 29.5 Å². The van der Waals surface area contributed by atoms with Gasteiger partial charge in [0, 0.05) is 19.4 Å². The van der Waals surface area contributed by atoms with Gasteiger partial charge in [-0.1, -0.05) is 17.3 Å². The third kappa shape index (κ3) is 3.94. The number of nitrogens with two attached hydrogens (primary N) is 1. The molecule has 202 valence electrons.